The Balaban J connectivity index is 1.82. The summed E-state index contributed by atoms with van der Waals surface area (Å²) in [6.45, 7) is 5.47. The van der Waals surface area contributed by atoms with E-state index in [4.69, 9.17) is 0 Å². The summed E-state index contributed by atoms with van der Waals surface area (Å²) in [5, 5.41) is 6.48. The molecule has 0 radical (unpaired) electrons. The van der Waals surface area contributed by atoms with Crippen molar-refractivity contribution in [2.75, 3.05) is 4.90 Å². The zero-order valence-corrected chi connectivity index (χ0v) is 20.8. The van der Waals surface area contributed by atoms with Crippen LogP contribution >= 0.6 is 0 Å². The largest absolute Gasteiger partial charge is 0.349 e. The Bertz CT molecular complexity index is 1260. The van der Waals surface area contributed by atoms with E-state index >= 15 is 0 Å². The summed E-state index contributed by atoms with van der Waals surface area (Å²) in [6.07, 6.45) is 5.07. The lowest BCUT2D eigenvalue weighted by Crippen LogP contribution is -2.53. The highest BCUT2D eigenvalue weighted by atomic mass is 19.1. The first kappa shape index (κ1) is 25.3. The number of para-hydroxylation sites is 1. The predicted molar refractivity (Wildman–Crippen MR) is 137 cm³/mol. The molecule has 36 heavy (non-hydrogen) atoms. The average molecular weight is 491 g/mol. The third-order valence-corrected chi connectivity index (χ3v) is 6.15. The van der Waals surface area contributed by atoms with Crippen molar-refractivity contribution in [1.29, 1.82) is 0 Å². The molecule has 1 fully saturated rings. The van der Waals surface area contributed by atoms with E-state index in [1.165, 1.54) is 30.5 Å². The maximum atomic E-state index is 13.8. The maximum Gasteiger partial charge on any atom is 0.317 e. The first-order chi connectivity index (χ1) is 17.1. The smallest absolute Gasteiger partial charge is 0.317 e. The van der Waals surface area contributed by atoms with Crippen LogP contribution in [0.25, 0.3) is 10.9 Å². The summed E-state index contributed by atoms with van der Waals surface area (Å²) in [5.41, 5.74) is 0.756. The van der Waals surface area contributed by atoms with Crippen LogP contribution in [-0.2, 0) is 14.4 Å². The lowest BCUT2D eigenvalue weighted by Gasteiger charge is -2.33. The van der Waals surface area contributed by atoms with Gasteiger partial charge in [-0.05, 0) is 63.4 Å². The highest BCUT2D eigenvalue weighted by Gasteiger charge is 2.38. The Morgan fingerprint density at radius 1 is 1.03 bits per heavy atom. The van der Waals surface area contributed by atoms with E-state index in [1.807, 2.05) is 45.0 Å². The number of carbonyl (C=O) groups is 3. The fourth-order valence-corrected chi connectivity index (χ4v) is 4.50. The summed E-state index contributed by atoms with van der Waals surface area (Å²) in [5.74, 6) is -2.63. The predicted octanol–water partition coefficient (Wildman–Crippen LogP) is 4.42. The van der Waals surface area contributed by atoms with Crippen LogP contribution in [0.3, 0.4) is 0 Å². The monoisotopic (exact) mass is 490 g/mol. The number of nitrogens with one attached hydrogen (secondary N) is 2. The maximum absolute atomic E-state index is 13.8. The summed E-state index contributed by atoms with van der Waals surface area (Å²) in [6, 6.07) is 13.2. The molecule has 0 spiro atoms. The van der Waals surface area contributed by atoms with Gasteiger partial charge >= 0.3 is 11.8 Å². The van der Waals surface area contributed by atoms with Crippen LogP contribution in [-0.4, -0.2) is 34.3 Å². The highest BCUT2D eigenvalue weighted by Crippen LogP contribution is 2.31. The van der Waals surface area contributed by atoms with Crippen molar-refractivity contribution in [2.45, 2.75) is 64.1 Å². The molecule has 1 aromatic heterocycles. The van der Waals surface area contributed by atoms with Crippen molar-refractivity contribution < 1.29 is 18.8 Å². The van der Waals surface area contributed by atoms with Gasteiger partial charge in [0.2, 0.25) is 5.91 Å². The standard InChI is InChI=1S/C28H31FN4O3/c1-28(2,3)32-25(34)24(18-12-14-20(29)15-13-18)33(27(36)26(35)31-21-9-5-6-10-21)22-16-19-8-4-7-11-23(19)30-17-22/h4,7-8,11-17,21,24H,5-6,9-10H2,1-3H3,(H,31,35)(H,32,34)/t24-/m1/s1. The Morgan fingerprint density at radius 3 is 2.36 bits per heavy atom. The van der Waals surface area contributed by atoms with E-state index in [0.717, 1.165) is 36.0 Å². The second kappa shape index (κ2) is 10.4. The van der Waals surface area contributed by atoms with Gasteiger partial charge in [-0.1, -0.05) is 43.2 Å². The average Bonchev–Trinajstić information content (AvgIpc) is 3.34. The first-order valence-electron chi connectivity index (χ1n) is 12.2. The SMILES string of the molecule is CC(C)(C)NC(=O)[C@@H](c1ccc(F)cc1)N(C(=O)C(=O)NC1CCCC1)c1cnc2ccccc2c1. The molecular weight excluding hydrogens is 459 g/mol. The van der Waals surface area contributed by atoms with Crippen molar-refractivity contribution in [3.8, 4) is 0 Å². The second-order valence-corrected chi connectivity index (χ2v) is 10.2. The van der Waals surface area contributed by atoms with Gasteiger partial charge in [0.1, 0.15) is 11.9 Å². The normalized spacial score (nSPS) is 14.9. The minimum Gasteiger partial charge on any atom is -0.349 e. The van der Waals surface area contributed by atoms with Gasteiger partial charge in [-0.3, -0.25) is 24.3 Å². The van der Waals surface area contributed by atoms with Crippen LogP contribution in [0.1, 0.15) is 58.1 Å². The van der Waals surface area contributed by atoms with Crippen molar-refractivity contribution in [2.24, 2.45) is 0 Å². The quantitative estimate of drug-likeness (QED) is 0.518. The Morgan fingerprint density at radius 2 is 1.69 bits per heavy atom. The van der Waals surface area contributed by atoms with Gasteiger partial charge in [-0.25, -0.2) is 4.39 Å². The van der Waals surface area contributed by atoms with Crippen LogP contribution in [0, 0.1) is 5.82 Å². The number of hydrogen-bond acceptors (Lipinski definition) is 4. The Kier molecular flexibility index (Phi) is 7.33. The van der Waals surface area contributed by atoms with E-state index in [2.05, 4.69) is 15.6 Å². The number of amides is 3. The Labute approximate surface area is 210 Å². The minimum atomic E-state index is -1.23. The topological polar surface area (TPSA) is 91.4 Å². The molecule has 0 saturated heterocycles. The van der Waals surface area contributed by atoms with E-state index in [1.54, 1.807) is 6.07 Å². The van der Waals surface area contributed by atoms with Crippen LogP contribution in [0.5, 0.6) is 0 Å². The number of anilines is 1. The molecule has 2 N–H and O–H groups in total. The molecule has 1 heterocycles. The molecule has 1 aliphatic carbocycles. The third-order valence-electron chi connectivity index (χ3n) is 6.15. The van der Waals surface area contributed by atoms with Gasteiger partial charge < -0.3 is 10.6 Å². The van der Waals surface area contributed by atoms with Gasteiger partial charge in [-0.15, -0.1) is 0 Å². The first-order valence-corrected chi connectivity index (χ1v) is 12.2. The molecule has 3 aromatic rings. The summed E-state index contributed by atoms with van der Waals surface area (Å²) in [4.78, 5) is 46.2. The molecule has 188 valence electrons. The lowest BCUT2D eigenvalue weighted by atomic mass is 10.0. The van der Waals surface area contributed by atoms with E-state index in [-0.39, 0.29) is 6.04 Å². The molecule has 3 amide bonds. The molecule has 1 aliphatic rings. The number of aromatic nitrogens is 1. The number of fused-ring (bicyclic) bond motifs is 1. The van der Waals surface area contributed by atoms with Crippen molar-refractivity contribution in [3.05, 3.63) is 72.2 Å². The molecular formula is C28H31FN4O3. The Hall–Kier alpha value is -3.81. The molecule has 7 nitrogen and oxygen atoms in total. The van der Waals surface area contributed by atoms with Gasteiger partial charge in [0.15, 0.2) is 0 Å². The summed E-state index contributed by atoms with van der Waals surface area (Å²) >= 11 is 0. The van der Waals surface area contributed by atoms with E-state index in [9.17, 15) is 18.8 Å². The molecule has 1 saturated carbocycles. The number of nitrogens with zero attached hydrogens (tertiary/aromatic N) is 2. The highest BCUT2D eigenvalue weighted by molar-refractivity contribution is 6.41. The molecule has 0 bridgehead atoms. The van der Waals surface area contributed by atoms with Crippen LogP contribution in [0.2, 0.25) is 0 Å². The molecule has 0 unspecified atom stereocenters. The lowest BCUT2D eigenvalue weighted by molar-refractivity contribution is -0.139. The fraction of sp³-hybridized carbons (Fsp3) is 0.357. The van der Waals surface area contributed by atoms with Crippen LogP contribution < -0.4 is 15.5 Å². The van der Waals surface area contributed by atoms with E-state index in [0.29, 0.717) is 16.8 Å². The zero-order chi connectivity index (χ0) is 25.9. The summed E-state index contributed by atoms with van der Waals surface area (Å²) in [7, 11) is 0. The van der Waals surface area contributed by atoms with Gasteiger partial charge in [0.25, 0.3) is 0 Å². The van der Waals surface area contributed by atoms with E-state index < -0.39 is 35.1 Å². The minimum absolute atomic E-state index is 0.0781. The number of hydrogen-bond donors (Lipinski definition) is 2. The fourth-order valence-electron chi connectivity index (χ4n) is 4.50. The van der Waals surface area contributed by atoms with Crippen molar-refractivity contribution >= 4 is 34.3 Å². The summed E-state index contributed by atoms with van der Waals surface area (Å²) < 4.78 is 13.8. The third kappa shape index (κ3) is 5.87. The number of pyridine rings is 1. The zero-order valence-electron chi connectivity index (χ0n) is 20.8. The van der Waals surface area contributed by atoms with Crippen molar-refractivity contribution in [1.82, 2.24) is 15.6 Å². The molecule has 8 heteroatoms. The van der Waals surface area contributed by atoms with Crippen LogP contribution in [0.15, 0.2) is 60.8 Å². The second-order valence-electron chi connectivity index (χ2n) is 10.2. The van der Waals surface area contributed by atoms with Gasteiger partial charge in [0, 0.05) is 17.0 Å². The molecule has 4 rings (SSSR count). The molecule has 2 aromatic carbocycles. The van der Waals surface area contributed by atoms with Crippen LogP contribution in [0.4, 0.5) is 10.1 Å². The molecule has 1 atom stereocenters. The van der Waals surface area contributed by atoms with Gasteiger partial charge in [0.05, 0.1) is 17.4 Å². The molecule has 0 aliphatic heterocycles. The number of halogens is 1. The van der Waals surface area contributed by atoms with Gasteiger partial charge in [-0.2, -0.15) is 0 Å². The number of rotatable bonds is 5. The van der Waals surface area contributed by atoms with Crippen molar-refractivity contribution in [3.63, 3.8) is 0 Å². The number of benzene rings is 2. The number of carbonyl (C=O) groups excluding carboxylic acids is 3.